The molecule has 1 aliphatic heterocycles. The average Bonchev–Trinajstić information content (AvgIpc) is 3.02. The van der Waals surface area contributed by atoms with E-state index >= 15 is 0 Å². The highest BCUT2D eigenvalue weighted by molar-refractivity contribution is 6.05. The van der Waals surface area contributed by atoms with Gasteiger partial charge >= 0.3 is 0 Å². The number of nitrogens with one attached hydrogen (secondary N) is 2. The molecule has 0 saturated carbocycles. The molecule has 0 aliphatic carbocycles. The summed E-state index contributed by atoms with van der Waals surface area (Å²) in [5.74, 6) is 1.50. The van der Waals surface area contributed by atoms with E-state index in [-0.39, 0.29) is 5.91 Å². The Morgan fingerprint density at radius 2 is 1.92 bits per heavy atom. The Balaban J connectivity index is 1.54. The fourth-order valence-electron chi connectivity index (χ4n) is 3.27. The van der Waals surface area contributed by atoms with Crippen LogP contribution in [-0.2, 0) is 7.05 Å². The number of fused-ring (bicyclic) bond motifs is 1. The highest BCUT2D eigenvalue weighted by Gasteiger charge is 2.21. The maximum absolute atomic E-state index is 12.6. The van der Waals surface area contributed by atoms with E-state index < -0.39 is 0 Å². The molecule has 1 amide bonds. The number of piperidine rings is 1. The summed E-state index contributed by atoms with van der Waals surface area (Å²) in [6, 6.07) is 13.7. The van der Waals surface area contributed by atoms with E-state index in [1.807, 2.05) is 49.5 Å². The number of anilines is 1. The molecule has 4 rings (SSSR count). The zero-order chi connectivity index (χ0) is 17.2. The highest BCUT2D eigenvalue weighted by atomic mass is 16.1. The number of nitrogens with zero attached hydrogens (tertiary/aromatic N) is 3. The molecule has 1 fully saturated rings. The molecule has 1 aromatic heterocycles. The van der Waals surface area contributed by atoms with Crippen LogP contribution < -0.4 is 10.6 Å². The lowest BCUT2D eigenvalue weighted by Crippen LogP contribution is -2.27. The minimum Gasteiger partial charge on any atom is -0.317 e. The number of aryl methyl sites for hydroxylation is 1. The lowest BCUT2D eigenvalue weighted by molar-refractivity contribution is 0.102. The van der Waals surface area contributed by atoms with Crippen molar-refractivity contribution in [1.82, 2.24) is 20.1 Å². The fourth-order valence-corrected chi connectivity index (χ4v) is 3.27. The minimum absolute atomic E-state index is 0.168. The maximum Gasteiger partial charge on any atom is 0.258 e. The second-order valence-corrected chi connectivity index (χ2v) is 6.46. The standard InChI is InChI=1S/C19H21N5O/c1-24-19(21-17(23-24)14-8-10-20-11-9-14)22-18(25)16-7-6-13-4-2-3-5-15(13)12-16/h2-7,12,14,20H,8-11H2,1H3,(H,21,22,23,25). The fraction of sp³-hybridized carbons (Fsp3) is 0.316. The van der Waals surface area contributed by atoms with Gasteiger partial charge in [-0.15, -0.1) is 0 Å². The Hall–Kier alpha value is -2.73. The van der Waals surface area contributed by atoms with Crippen molar-refractivity contribution < 1.29 is 4.79 Å². The van der Waals surface area contributed by atoms with Crippen LogP contribution >= 0.6 is 0 Å². The molecule has 128 valence electrons. The molecule has 2 aromatic carbocycles. The van der Waals surface area contributed by atoms with Crippen LogP contribution in [0.25, 0.3) is 10.8 Å². The van der Waals surface area contributed by atoms with Gasteiger partial charge in [-0.25, -0.2) is 4.68 Å². The van der Waals surface area contributed by atoms with Gasteiger partial charge in [0.25, 0.3) is 5.91 Å². The van der Waals surface area contributed by atoms with Gasteiger partial charge in [0.15, 0.2) is 5.82 Å². The normalized spacial score (nSPS) is 15.4. The Morgan fingerprint density at radius 3 is 2.72 bits per heavy atom. The van der Waals surface area contributed by atoms with Crippen molar-refractivity contribution in [3.63, 3.8) is 0 Å². The largest absolute Gasteiger partial charge is 0.317 e. The van der Waals surface area contributed by atoms with E-state index in [4.69, 9.17) is 0 Å². The van der Waals surface area contributed by atoms with Crippen molar-refractivity contribution in [2.45, 2.75) is 18.8 Å². The Kier molecular flexibility index (Phi) is 4.19. The van der Waals surface area contributed by atoms with Crippen LogP contribution in [0.1, 0.15) is 34.9 Å². The molecule has 0 bridgehead atoms. The van der Waals surface area contributed by atoms with Crippen LogP contribution in [-0.4, -0.2) is 33.8 Å². The van der Waals surface area contributed by atoms with E-state index in [1.54, 1.807) is 4.68 Å². The molecule has 2 N–H and O–H groups in total. The Bertz CT molecular complexity index is 911. The number of hydrogen-bond acceptors (Lipinski definition) is 4. The molecule has 0 spiro atoms. The number of carbonyl (C=O) groups excluding carboxylic acids is 1. The Morgan fingerprint density at radius 1 is 1.16 bits per heavy atom. The average molecular weight is 335 g/mol. The van der Waals surface area contributed by atoms with Gasteiger partial charge in [-0.2, -0.15) is 10.1 Å². The first kappa shape index (κ1) is 15.8. The first-order chi connectivity index (χ1) is 12.2. The molecule has 1 saturated heterocycles. The van der Waals surface area contributed by atoms with Crippen molar-refractivity contribution in [2.75, 3.05) is 18.4 Å². The molecule has 0 radical (unpaired) electrons. The van der Waals surface area contributed by atoms with Crippen LogP contribution in [0, 0.1) is 0 Å². The van der Waals surface area contributed by atoms with Crippen molar-refractivity contribution in [3.8, 4) is 0 Å². The van der Waals surface area contributed by atoms with Crippen molar-refractivity contribution in [3.05, 3.63) is 53.9 Å². The summed E-state index contributed by atoms with van der Waals surface area (Å²) in [7, 11) is 1.81. The molecule has 3 aromatic rings. The van der Waals surface area contributed by atoms with E-state index in [2.05, 4.69) is 20.7 Å². The molecular formula is C19H21N5O. The molecule has 1 aliphatic rings. The van der Waals surface area contributed by atoms with Crippen LogP contribution in [0.5, 0.6) is 0 Å². The molecule has 6 nitrogen and oxygen atoms in total. The highest BCUT2D eigenvalue weighted by Crippen LogP contribution is 2.23. The Labute approximate surface area is 146 Å². The third-order valence-corrected chi connectivity index (χ3v) is 4.72. The minimum atomic E-state index is -0.168. The monoisotopic (exact) mass is 335 g/mol. The van der Waals surface area contributed by atoms with E-state index in [9.17, 15) is 4.79 Å². The summed E-state index contributed by atoms with van der Waals surface area (Å²) in [4.78, 5) is 17.1. The van der Waals surface area contributed by atoms with E-state index in [1.165, 1.54) is 0 Å². The van der Waals surface area contributed by atoms with Gasteiger partial charge in [-0.05, 0) is 48.8 Å². The summed E-state index contributed by atoms with van der Waals surface area (Å²) in [5, 5.41) is 12.9. The smallest absolute Gasteiger partial charge is 0.258 e. The van der Waals surface area contributed by atoms with Gasteiger partial charge in [0, 0.05) is 18.5 Å². The number of benzene rings is 2. The molecular weight excluding hydrogens is 314 g/mol. The zero-order valence-electron chi connectivity index (χ0n) is 14.2. The third-order valence-electron chi connectivity index (χ3n) is 4.72. The third kappa shape index (κ3) is 3.25. The van der Waals surface area contributed by atoms with Gasteiger partial charge in [0.1, 0.15) is 0 Å². The number of amides is 1. The summed E-state index contributed by atoms with van der Waals surface area (Å²) in [6.07, 6.45) is 2.06. The van der Waals surface area contributed by atoms with Gasteiger partial charge in [-0.1, -0.05) is 30.3 Å². The van der Waals surface area contributed by atoms with Gasteiger partial charge in [0.05, 0.1) is 0 Å². The SMILES string of the molecule is Cn1nc(C2CCNCC2)nc1NC(=O)c1ccc2ccccc2c1. The number of carbonyl (C=O) groups is 1. The van der Waals surface area contributed by atoms with Crippen LogP contribution in [0.15, 0.2) is 42.5 Å². The number of aromatic nitrogens is 3. The summed E-state index contributed by atoms with van der Waals surface area (Å²) in [5.41, 5.74) is 0.616. The van der Waals surface area contributed by atoms with Gasteiger partial charge in [-0.3, -0.25) is 10.1 Å². The molecule has 2 heterocycles. The van der Waals surface area contributed by atoms with E-state index in [0.717, 1.165) is 42.5 Å². The quantitative estimate of drug-likeness (QED) is 0.772. The van der Waals surface area contributed by atoms with Crippen molar-refractivity contribution in [2.24, 2.45) is 7.05 Å². The first-order valence-corrected chi connectivity index (χ1v) is 8.62. The summed E-state index contributed by atoms with van der Waals surface area (Å²) < 4.78 is 1.65. The lowest BCUT2D eigenvalue weighted by Gasteiger charge is -2.19. The number of hydrogen-bond donors (Lipinski definition) is 2. The molecule has 25 heavy (non-hydrogen) atoms. The van der Waals surface area contributed by atoms with Gasteiger partial charge in [0.2, 0.25) is 5.95 Å². The lowest BCUT2D eigenvalue weighted by atomic mass is 9.98. The topological polar surface area (TPSA) is 71.8 Å². The maximum atomic E-state index is 12.6. The second kappa shape index (κ2) is 6.64. The van der Waals surface area contributed by atoms with Crippen LogP contribution in [0.4, 0.5) is 5.95 Å². The molecule has 0 atom stereocenters. The van der Waals surface area contributed by atoms with E-state index in [0.29, 0.717) is 17.4 Å². The van der Waals surface area contributed by atoms with Crippen LogP contribution in [0.3, 0.4) is 0 Å². The summed E-state index contributed by atoms with van der Waals surface area (Å²) in [6.45, 7) is 1.98. The predicted molar refractivity (Wildman–Crippen MR) is 97.7 cm³/mol. The molecule has 0 unspecified atom stereocenters. The summed E-state index contributed by atoms with van der Waals surface area (Å²) >= 11 is 0. The number of rotatable bonds is 3. The van der Waals surface area contributed by atoms with Gasteiger partial charge < -0.3 is 5.32 Å². The van der Waals surface area contributed by atoms with Crippen molar-refractivity contribution >= 4 is 22.6 Å². The molecule has 6 heteroatoms. The van der Waals surface area contributed by atoms with Crippen LogP contribution in [0.2, 0.25) is 0 Å². The van der Waals surface area contributed by atoms with Crippen molar-refractivity contribution in [1.29, 1.82) is 0 Å². The predicted octanol–water partition coefficient (Wildman–Crippen LogP) is 2.69. The second-order valence-electron chi connectivity index (χ2n) is 6.46. The first-order valence-electron chi connectivity index (χ1n) is 8.62. The zero-order valence-corrected chi connectivity index (χ0v) is 14.2.